The quantitative estimate of drug-likeness (QED) is 0.398. The number of hydrogen-bond donors (Lipinski definition) is 2. The van der Waals surface area contributed by atoms with Crippen molar-refractivity contribution in [1.82, 2.24) is 15.6 Å². The number of nitrogens with one attached hydrogen (secondary N) is 2. The molecular weight excluding hydrogens is 348 g/mol. The van der Waals surface area contributed by atoms with Crippen molar-refractivity contribution in [2.24, 2.45) is 5.10 Å². The summed E-state index contributed by atoms with van der Waals surface area (Å²) in [4.78, 5) is 12.3. The summed E-state index contributed by atoms with van der Waals surface area (Å²) in [6.45, 7) is 0. The molecule has 5 nitrogen and oxygen atoms in total. The Morgan fingerprint density at radius 1 is 0.964 bits per heavy atom. The molecule has 5 heteroatoms. The minimum absolute atomic E-state index is 0.344. The summed E-state index contributed by atoms with van der Waals surface area (Å²) in [7, 11) is 0. The average Bonchev–Trinajstić information content (AvgIpc) is 3.24. The zero-order chi connectivity index (χ0) is 19.2. The summed E-state index contributed by atoms with van der Waals surface area (Å²) >= 11 is 0. The predicted molar refractivity (Wildman–Crippen MR) is 113 cm³/mol. The molecule has 4 aromatic rings. The van der Waals surface area contributed by atoms with Gasteiger partial charge in [0.15, 0.2) is 0 Å². The monoisotopic (exact) mass is 366 g/mol. The molecule has 0 saturated carbocycles. The number of aromatic nitrogens is 2. The minimum atomic E-state index is -0.344. The lowest BCUT2D eigenvalue weighted by Crippen LogP contribution is -2.17. The van der Waals surface area contributed by atoms with Gasteiger partial charge in [0.2, 0.25) is 0 Å². The highest BCUT2D eigenvalue weighted by molar-refractivity contribution is 5.98. The molecule has 2 N–H and O–H groups in total. The number of hydrogen-bond acceptors (Lipinski definition) is 3. The van der Waals surface area contributed by atoms with Crippen LogP contribution in [-0.2, 0) is 0 Å². The normalized spacial score (nSPS) is 11.4. The molecule has 0 bridgehead atoms. The van der Waals surface area contributed by atoms with E-state index in [-0.39, 0.29) is 5.91 Å². The van der Waals surface area contributed by atoms with Crippen molar-refractivity contribution in [2.75, 3.05) is 0 Å². The Morgan fingerprint density at radius 3 is 2.64 bits per heavy atom. The van der Waals surface area contributed by atoms with Crippen LogP contribution in [0.25, 0.3) is 28.1 Å². The maximum atomic E-state index is 12.3. The second-order valence-corrected chi connectivity index (χ2v) is 6.18. The van der Waals surface area contributed by atoms with E-state index in [4.69, 9.17) is 0 Å². The summed E-state index contributed by atoms with van der Waals surface area (Å²) in [5, 5.41) is 13.2. The van der Waals surface area contributed by atoms with Crippen LogP contribution < -0.4 is 5.43 Å². The Bertz CT molecular complexity index is 1150. The third-order valence-electron chi connectivity index (χ3n) is 4.30. The number of fused-ring (bicyclic) bond motifs is 1. The molecule has 3 aromatic carbocycles. The summed E-state index contributed by atoms with van der Waals surface area (Å²) < 4.78 is 0. The number of carbonyl (C=O) groups excluding carboxylic acids is 1. The molecule has 0 aliphatic heterocycles. The third kappa shape index (κ3) is 3.88. The maximum absolute atomic E-state index is 12.3. The summed E-state index contributed by atoms with van der Waals surface area (Å²) in [6.07, 6.45) is 5.21. The lowest BCUT2D eigenvalue weighted by molar-refractivity contribution is 0.0950. The molecule has 0 atom stereocenters. The fourth-order valence-electron chi connectivity index (χ4n) is 2.94. The van der Waals surface area contributed by atoms with Gasteiger partial charge < -0.3 is 0 Å². The second-order valence-electron chi connectivity index (χ2n) is 6.18. The van der Waals surface area contributed by atoms with Gasteiger partial charge in [-0.1, -0.05) is 78.9 Å². The summed E-state index contributed by atoms with van der Waals surface area (Å²) in [5.74, 6) is -0.344. The minimum Gasteiger partial charge on any atom is -0.272 e. The zero-order valence-corrected chi connectivity index (χ0v) is 15.0. The molecular formula is C23H18N4O. The van der Waals surface area contributed by atoms with Crippen LogP contribution in [0.2, 0.25) is 0 Å². The molecule has 28 heavy (non-hydrogen) atoms. The number of H-pyrrole nitrogens is 1. The number of carbonyl (C=O) groups is 1. The van der Waals surface area contributed by atoms with E-state index in [9.17, 15) is 4.79 Å². The lowest BCUT2D eigenvalue weighted by atomic mass is 10.0. The van der Waals surface area contributed by atoms with Crippen LogP contribution in [0.4, 0.5) is 0 Å². The number of hydrazone groups is 1. The Hall–Kier alpha value is -3.99. The van der Waals surface area contributed by atoms with Gasteiger partial charge in [0.1, 0.15) is 5.69 Å². The average molecular weight is 366 g/mol. The maximum Gasteiger partial charge on any atom is 0.289 e. The fourth-order valence-corrected chi connectivity index (χ4v) is 2.94. The van der Waals surface area contributed by atoms with Gasteiger partial charge in [0.25, 0.3) is 5.91 Å². The van der Waals surface area contributed by atoms with Gasteiger partial charge in [-0.3, -0.25) is 9.89 Å². The van der Waals surface area contributed by atoms with Crippen molar-refractivity contribution in [3.05, 3.63) is 96.2 Å². The largest absolute Gasteiger partial charge is 0.289 e. The van der Waals surface area contributed by atoms with Crippen molar-refractivity contribution < 1.29 is 4.79 Å². The molecule has 1 heterocycles. The molecule has 0 aliphatic carbocycles. The van der Waals surface area contributed by atoms with Crippen LogP contribution in [0.1, 0.15) is 16.1 Å². The molecule has 0 fully saturated rings. The van der Waals surface area contributed by atoms with Gasteiger partial charge in [-0.05, 0) is 28.5 Å². The second kappa shape index (κ2) is 8.14. The lowest BCUT2D eigenvalue weighted by Gasteiger charge is -2.02. The standard InChI is InChI=1S/C23H18N4O/c28-23(27-24-15-7-10-17-8-2-1-3-9-17)22-16-21(25-26-22)20-14-6-12-18-11-4-5-13-19(18)20/h1-16H,(H,25,26)(H,27,28)/b10-7+,24-15-. The van der Waals surface area contributed by atoms with E-state index in [1.165, 1.54) is 6.21 Å². The van der Waals surface area contributed by atoms with Crippen molar-refractivity contribution >= 4 is 29.0 Å². The van der Waals surface area contributed by atoms with Crippen LogP contribution >= 0.6 is 0 Å². The first-order valence-corrected chi connectivity index (χ1v) is 8.90. The van der Waals surface area contributed by atoms with Gasteiger partial charge in [0, 0.05) is 11.8 Å². The first-order chi connectivity index (χ1) is 13.8. The molecule has 0 spiro atoms. The number of allylic oxidation sites excluding steroid dienone is 1. The molecule has 0 unspecified atom stereocenters. The first-order valence-electron chi connectivity index (χ1n) is 8.90. The predicted octanol–water partition coefficient (Wildman–Crippen LogP) is 4.66. The number of amides is 1. The Labute approximate surface area is 162 Å². The Balaban J connectivity index is 1.44. The van der Waals surface area contributed by atoms with Crippen LogP contribution in [0.15, 0.2) is 90.0 Å². The van der Waals surface area contributed by atoms with E-state index < -0.39 is 0 Å². The number of benzene rings is 3. The summed E-state index contributed by atoms with van der Waals surface area (Å²) in [6, 6.07) is 25.7. The topological polar surface area (TPSA) is 70.1 Å². The van der Waals surface area contributed by atoms with Crippen molar-refractivity contribution in [2.45, 2.75) is 0 Å². The molecule has 136 valence electrons. The van der Waals surface area contributed by atoms with E-state index in [2.05, 4.69) is 32.9 Å². The van der Waals surface area contributed by atoms with Crippen LogP contribution in [-0.4, -0.2) is 22.3 Å². The number of aromatic amines is 1. The van der Waals surface area contributed by atoms with E-state index in [1.807, 2.05) is 66.7 Å². The molecule has 1 amide bonds. The van der Waals surface area contributed by atoms with Gasteiger partial charge in [-0.25, -0.2) is 5.43 Å². The number of rotatable bonds is 5. The molecule has 0 aliphatic rings. The van der Waals surface area contributed by atoms with E-state index in [0.717, 1.165) is 27.6 Å². The molecule has 4 rings (SSSR count). The highest BCUT2D eigenvalue weighted by atomic mass is 16.2. The van der Waals surface area contributed by atoms with Crippen molar-refractivity contribution in [1.29, 1.82) is 0 Å². The fraction of sp³-hybridized carbons (Fsp3) is 0. The van der Waals surface area contributed by atoms with Gasteiger partial charge in [-0.15, -0.1) is 0 Å². The highest BCUT2D eigenvalue weighted by Gasteiger charge is 2.12. The van der Waals surface area contributed by atoms with Gasteiger partial charge in [-0.2, -0.15) is 10.2 Å². The molecule has 0 saturated heterocycles. The molecule has 0 radical (unpaired) electrons. The van der Waals surface area contributed by atoms with E-state index in [0.29, 0.717) is 5.69 Å². The first kappa shape index (κ1) is 17.4. The third-order valence-corrected chi connectivity index (χ3v) is 4.30. The van der Waals surface area contributed by atoms with E-state index in [1.54, 1.807) is 12.1 Å². The van der Waals surface area contributed by atoms with Gasteiger partial charge in [0.05, 0.1) is 5.69 Å². The Kier molecular flexibility index (Phi) is 5.06. The SMILES string of the molecule is O=C(N/N=C\C=C\c1ccccc1)c1cc(-c2cccc3ccccc23)n[nH]1. The highest BCUT2D eigenvalue weighted by Crippen LogP contribution is 2.27. The van der Waals surface area contributed by atoms with E-state index >= 15 is 0 Å². The van der Waals surface area contributed by atoms with Crippen molar-refractivity contribution in [3.63, 3.8) is 0 Å². The smallest absolute Gasteiger partial charge is 0.272 e. The van der Waals surface area contributed by atoms with Crippen LogP contribution in [0.3, 0.4) is 0 Å². The number of nitrogens with zero attached hydrogens (tertiary/aromatic N) is 2. The summed E-state index contributed by atoms with van der Waals surface area (Å²) in [5.41, 5.74) is 5.60. The van der Waals surface area contributed by atoms with Crippen LogP contribution in [0.5, 0.6) is 0 Å². The molecule has 1 aromatic heterocycles. The Morgan fingerprint density at radius 2 is 1.75 bits per heavy atom. The van der Waals surface area contributed by atoms with Crippen LogP contribution in [0, 0.1) is 0 Å². The van der Waals surface area contributed by atoms with Gasteiger partial charge >= 0.3 is 0 Å². The zero-order valence-electron chi connectivity index (χ0n) is 15.0. The van der Waals surface area contributed by atoms with Crippen molar-refractivity contribution in [3.8, 4) is 11.3 Å².